The Balaban J connectivity index is 2.07. The predicted octanol–water partition coefficient (Wildman–Crippen LogP) is 5.00. The van der Waals surface area contributed by atoms with Gasteiger partial charge >= 0.3 is 6.09 Å². The van der Waals surface area contributed by atoms with Crippen LogP contribution in [-0.4, -0.2) is 17.8 Å². The molecule has 0 atom stereocenters. The molecule has 1 heterocycles. The minimum atomic E-state index is -0.576. The van der Waals surface area contributed by atoms with Gasteiger partial charge in [-0.05, 0) is 38.1 Å². The van der Waals surface area contributed by atoms with Crippen molar-refractivity contribution in [2.24, 2.45) is 0 Å². The Hall–Kier alpha value is -3.41. The van der Waals surface area contributed by atoms with Gasteiger partial charge in [0.15, 0.2) is 0 Å². The first-order valence-electron chi connectivity index (χ1n) is 8.65. The van der Waals surface area contributed by atoms with E-state index >= 15 is 0 Å². The Morgan fingerprint density at radius 2 is 2.04 bits per heavy atom. The smallest absolute Gasteiger partial charge is 0.416 e. The van der Waals surface area contributed by atoms with Crippen molar-refractivity contribution in [3.8, 4) is 17.0 Å². The number of nitrogen functional groups attached to an aromatic ring is 1. The molecule has 6 nitrogen and oxygen atoms in total. The lowest BCUT2D eigenvalue weighted by atomic mass is 10.1. The Morgan fingerprint density at radius 1 is 1.26 bits per heavy atom. The number of fused-ring (bicyclic) bond motifs is 1. The van der Waals surface area contributed by atoms with Crippen molar-refractivity contribution in [2.75, 3.05) is 18.2 Å². The van der Waals surface area contributed by atoms with E-state index in [9.17, 15) is 4.79 Å². The number of anilines is 2. The number of allylic oxidation sites excluding steroid dienone is 1. The maximum Gasteiger partial charge on any atom is 0.416 e. The number of carbonyl (C=O) groups excluding carboxylic acids is 1. The molecule has 0 unspecified atom stereocenters. The van der Waals surface area contributed by atoms with E-state index < -0.39 is 6.09 Å². The van der Waals surface area contributed by atoms with E-state index in [1.165, 1.54) is 0 Å². The summed E-state index contributed by atoms with van der Waals surface area (Å²) in [5, 5.41) is 3.67. The predicted molar refractivity (Wildman–Crippen MR) is 109 cm³/mol. The highest BCUT2D eigenvalue weighted by atomic mass is 16.6. The number of ether oxygens (including phenoxy) is 2. The summed E-state index contributed by atoms with van der Waals surface area (Å²) in [6, 6.07) is 13.3. The zero-order valence-electron chi connectivity index (χ0n) is 15.7. The van der Waals surface area contributed by atoms with Crippen LogP contribution in [-0.2, 0) is 11.3 Å². The fourth-order valence-corrected chi connectivity index (χ4v) is 3.17. The number of rotatable bonds is 5. The summed E-state index contributed by atoms with van der Waals surface area (Å²) < 4.78 is 12.4. The topological polar surface area (TPSA) is 78.5 Å². The van der Waals surface area contributed by atoms with Crippen LogP contribution in [0.25, 0.3) is 22.2 Å². The Kier molecular flexibility index (Phi) is 5.07. The van der Waals surface area contributed by atoms with Crippen LogP contribution in [0.4, 0.5) is 16.2 Å². The van der Waals surface area contributed by atoms with Crippen molar-refractivity contribution in [1.29, 1.82) is 0 Å². The molecule has 140 valence electrons. The molecule has 1 aromatic heterocycles. The lowest BCUT2D eigenvalue weighted by Crippen LogP contribution is -2.12. The summed E-state index contributed by atoms with van der Waals surface area (Å²) >= 11 is 0. The molecule has 0 saturated carbocycles. The summed E-state index contributed by atoms with van der Waals surface area (Å²) in [6.45, 7) is 7.98. The van der Waals surface area contributed by atoms with E-state index in [1.807, 2.05) is 36.4 Å². The Bertz CT molecular complexity index is 1020. The van der Waals surface area contributed by atoms with Crippen LogP contribution in [0.2, 0.25) is 0 Å². The highest BCUT2D eigenvalue weighted by Gasteiger charge is 2.17. The second-order valence-corrected chi connectivity index (χ2v) is 6.19. The third-order valence-electron chi connectivity index (χ3n) is 4.28. The van der Waals surface area contributed by atoms with Crippen molar-refractivity contribution in [1.82, 2.24) is 4.57 Å². The standard InChI is InChI=1S/C21H23N3O3/c1-5-24-18-12-16(26-4)9-10-17(18)19(22)20(24)14-7-6-8-15(11-14)23-21(25)27-13(2)3/h6-12H,2,5,22H2,1,3-4H3,(H,23,25). The molecular formula is C21H23N3O3. The minimum absolute atomic E-state index is 0.327. The molecule has 0 saturated heterocycles. The first-order chi connectivity index (χ1) is 12.9. The van der Waals surface area contributed by atoms with E-state index in [1.54, 1.807) is 20.1 Å². The average molecular weight is 365 g/mol. The second kappa shape index (κ2) is 7.45. The van der Waals surface area contributed by atoms with Gasteiger partial charge in [0.1, 0.15) is 5.75 Å². The zero-order chi connectivity index (χ0) is 19.6. The number of nitrogens with zero attached hydrogens (tertiary/aromatic N) is 1. The number of hydrogen-bond donors (Lipinski definition) is 2. The molecule has 0 radical (unpaired) electrons. The Labute approximate surface area is 158 Å². The summed E-state index contributed by atoms with van der Waals surface area (Å²) in [7, 11) is 1.64. The molecule has 0 aliphatic heterocycles. The molecule has 27 heavy (non-hydrogen) atoms. The maximum atomic E-state index is 11.8. The number of aryl methyl sites for hydroxylation is 1. The number of carbonyl (C=O) groups is 1. The van der Waals surface area contributed by atoms with E-state index in [0.29, 0.717) is 17.1 Å². The van der Waals surface area contributed by atoms with E-state index in [2.05, 4.69) is 23.4 Å². The molecule has 3 aromatic rings. The normalized spacial score (nSPS) is 10.6. The van der Waals surface area contributed by atoms with Crippen molar-refractivity contribution in [3.63, 3.8) is 0 Å². The van der Waals surface area contributed by atoms with Gasteiger partial charge in [-0.15, -0.1) is 0 Å². The average Bonchev–Trinajstić information content (AvgIpc) is 2.92. The minimum Gasteiger partial charge on any atom is -0.497 e. The monoisotopic (exact) mass is 365 g/mol. The molecule has 3 rings (SSSR count). The molecule has 6 heteroatoms. The number of nitrogens with one attached hydrogen (secondary N) is 1. The molecular weight excluding hydrogens is 342 g/mol. The lowest BCUT2D eigenvalue weighted by molar-refractivity contribution is 0.192. The van der Waals surface area contributed by atoms with Crippen molar-refractivity contribution < 1.29 is 14.3 Å². The highest BCUT2D eigenvalue weighted by molar-refractivity contribution is 6.02. The first kappa shape index (κ1) is 18.4. The SMILES string of the molecule is C=C(C)OC(=O)Nc1cccc(-c2c(N)c3ccc(OC)cc3n2CC)c1. The number of amides is 1. The van der Waals surface area contributed by atoms with Gasteiger partial charge in [0.05, 0.1) is 29.8 Å². The largest absolute Gasteiger partial charge is 0.497 e. The van der Waals surface area contributed by atoms with Gasteiger partial charge in [0, 0.05) is 29.2 Å². The number of benzene rings is 2. The van der Waals surface area contributed by atoms with Gasteiger partial charge in [0.25, 0.3) is 0 Å². The number of hydrogen-bond acceptors (Lipinski definition) is 4. The number of nitrogens with two attached hydrogens (primary N) is 1. The molecule has 0 aliphatic carbocycles. The summed E-state index contributed by atoms with van der Waals surface area (Å²) in [4.78, 5) is 11.8. The maximum absolute atomic E-state index is 11.8. The molecule has 0 aliphatic rings. The van der Waals surface area contributed by atoms with Gasteiger partial charge < -0.3 is 19.8 Å². The van der Waals surface area contributed by atoms with Crippen LogP contribution in [0.15, 0.2) is 54.8 Å². The van der Waals surface area contributed by atoms with Crippen LogP contribution in [0, 0.1) is 0 Å². The number of methoxy groups -OCH3 is 1. The quantitative estimate of drug-likeness (QED) is 0.624. The second-order valence-electron chi connectivity index (χ2n) is 6.19. The summed E-state index contributed by atoms with van der Waals surface area (Å²) in [5.41, 5.74) is 10.6. The molecule has 0 bridgehead atoms. The zero-order valence-corrected chi connectivity index (χ0v) is 15.7. The van der Waals surface area contributed by atoms with Gasteiger partial charge in [0.2, 0.25) is 0 Å². The van der Waals surface area contributed by atoms with Crippen LogP contribution < -0.4 is 15.8 Å². The Morgan fingerprint density at radius 3 is 2.70 bits per heavy atom. The van der Waals surface area contributed by atoms with E-state index in [4.69, 9.17) is 15.2 Å². The van der Waals surface area contributed by atoms with Gasteiger partial charge in [-0.25, -0.2) is 4.79 Å². The van der Waals surface area contributed by atoms with Crippen LogP contribution in [0.5, 0.6) is 5.75 Å². The van der Waals surface area contributed by atoms with E-state index in [-0.39, 0.29) is 0 Å². The van der Waals surface area contributed by atoms with Crippen molar-refractivity contribution in [2.45, 2.75) is 20.4 Å². The van der Waals surface area contributed by atoms with Gasteiger partial charge in [-0.2, -0.15) is 0 Å². The number of aromatic nitrogens is 1. The molecule has 3 N–H and O–H groups in total. The molecule has 0 spiro atoms. The molecule has 1 amide bonds. The van der Waals surface area contributed by atoms with Crippen LogP contribution >= 0.6 is 0 Å². The fourth-order valence-electron chi connectivity index (χ4n) is 3.17. The van der Waals surface area contributed by atoms with E-state index in [0.717, 1.165) is 34.5 Å². The van der Waals surface area contributed by atoms with Crippen LogP contribution in [0.3, 0.4) is 0 Å². The summed E-state index contributed by atoms with van der Waals surface area (Å²) in [5.74, 6) is 1.10. The van der Waals surface area contributed by atoms with Gasteiger partial charge in [-0.1, -0.05) is 18.7 Å². The third kappa shape index (κ3) is 3.60. The summed E-state index contributed by atoms with van der Waals surface area (Å²) in [6.07, 6.45) is -0.576. The molecule has 2 aromatic carbocycles. The van der Waals surface area contributed by atoms with Crippen molar-refractivity contribution in [3.05, 3.63) is 54.8 Å². The van der Waals surface area contributed by atoms with Crippen LogP contribution in [0.1, 0.15) is 13.8 Å². The lowest BCUT2D eigenvalue weighted by Gasteiger charge is -2.11. The fraction of sp³-hybridized carbons (Fsp3) is 0.190. The van der Waals surface area contributed by atoms with Crippen molar-refractivity contribution >= 4 is 28.4 Å². The highest BCUT2D eigenvalue weighted by Crippen LogP contribution is 2.38. The first-order valence-corrected chi connectivity index (χ1v) is 8.65. The molecule has 0 fully saturated rings. The third-order valence-corrected chi connectivity index (χ3v) is 4.28. The van der Waals surface area contributed by atoms with Gasteiger partial charge in [-0.3, -0.25) is 5.32 Å².